The molecule has 1 aromatic carbocycles. The van der Waals surface area contributed by atoms with Crippen LogP contribution in [0.25, 0.3) is 0 Å². The van der Waals surface area contributed by atoms with Crippen molar-refractivity contribution in [1.82, 2.24) is 5.32 Å². The van der Waals surface area contributed by atoms with Crippen LogP contribution in [0.1, 0.15) is 38.5 Å². The summed E-state index contributed by atoms with van der Waals surface area (Å²) in [5.41, 5.74) is 0. The van der Waals surface area contributed by atoms with Crippen molar-refractivity contribution in [1.29, 1.82) is 0 Å². The number of ether oxygens (including phenoxy) is 2. The van der Waals surface area contributed by atoms with Crippen LogP contribution in [0.2, 0.25) is 0 Å². The zero-order chi connectivity index (χ0) is 17.1. The van der Waals surface area contributed by atoms with Crippen LogP contribution in [0.5, 0.6) is 11.5 Å². The van der Waals surface area contributed by atoms with Gasteiger partial charge in [0.05, 0.1) is 6.54 Å². The minimum atomic E-state index is 0.0891. The summed E-state index contributed by atoms with van der Waals surface area (Å²) in [5.74, 6) is 2.75. The first-order valence-electron chi connectivity index (χ1n) is 9.04. The molecule has 2 aliphatic carbocycles. The van der Waals surface area contributed by atoms with E-state index >= 15 is 0 Å². The lowest BCUT2D eigenvalue weighted by atomic mass is 10.1. The van der Waals surface area contributed by atoms with E-state index in [0.717, 1.165) is 11.5 Å². The predicted molar refractivity (Wildman–Crippen MR) is 98.8 cm³/mol. The van der Waals surface area contributed by atoms with Gasteiger partial charge in [0.15, 0.2) is 17.3 Å². The van der Waals surface area contributed by atoms with E-state index in [1.165, 1.54) is 37.0 Å². The normalized spacial score (nSPS) is 21.6. The van der Waals surface area contributed by atoms with E-state index in [1.54, 1.807) is 6.26 Å². The van der Waals surface area contributed by atoms with E-state index in [-0.39, 0.29) is 5.91 Å². The second kappa shape index (κ2) is 7.56. The maximum Gasteiger partial charge on any atom is 0.220 e. The first-order chi connectivity index (χ1) is 12.3. The molecule has 0 spiro atoms. The minimum Gasteiger partial charge on any atom is -0.457 e. The van der Waals surface area contributed by atoms with Gasteiger partial charge >= 0.3 is 0 Å². The van der Waals surface area contributed by atoms with Gasteiger partial charge in [-0.25, -0.2) is 0 Å². The predicted octanol–water partition coefficient (Wildman–Crippen LogP) is 4.42. The third-order valence-electron chi connectivity index (χ3n) is 4.60. The summed E-state index contributed by atoms with van der Waals surface area (Å²) < 4.78 is 11.6. The molecule has 1 atom stereocenters. The summed E-state index contributed by atoms with van der Waals surface area (Å²) in [6.45, 7) is 0.369. The number of hydrogen-bond donors (Lipinski definition) is 1. The summed E-state index contributed by atoms with van der Waals surface area (Å²) >= 11 is 1.86. The maximum absolute atomic E-state index is 11.8. The molecule has 1 fully saturated rings. The molecule has 3 aliphatic rings. The average molecular weight is 357 g/mol. The number of fused-ring (bicyclic) bond motifs is 1. The van der Waals surface area contributed by atoms with Gasteiger partial charge in [-0.2, -0.15) is 0 Å². The highest BCUT2D eigenvalue weighted by Gasteiger charge is 2.24. The molecule has 132 valence electrons. The number of nitrogens with one attached hydrogen (secondary N) is 1. The molecule has 1 aromatic rings. The Morgan fingerprint density at radius 2 is 2.16 bits per heavy atom. The number of hydrogen-bond acceptors (Lipinski definition) is 4. The smallest absolute Gasteiger partial charge is 0.220 e. The van der Waals surface area contributed by atoms with Crippen molar-refractivity contribution >= 4 is 17.7 Å². The Morgan fingerprint density at radius 3 is 2.96 bits per heavy atom. The molecule has 25 heavy (non-hydrogen) atoms. The molecular weight excluding hydrogens is 334 g/mol. The molecule has 1 saturated carbocycles. The number of benzene rings is 1. The summed E-state index contributed by atoms with van der Waals surface area (Å²) in [5, 5.41) is 3.44. The number of rotatable bonds is 6. The third kappa shape index (κ3) is 4.60. The standard InChI is InChI=1S/C20H23NO3S/c22-20(10-14-6-7-14)21-12-15-13-23-18-9-8-17(11-19(18)24-15)25-16-4-2-1-3-5-16/h2,4,8-9,11,13-14,16H,1,3,5-7,10,12H2,(H,21,22). The van der Waals surface area contributed by atoms with Crippen LogP contribution in [-0.4, -0.2) is 17.7 Å². The molecule has 0 aromatic heterocycles. The van der Waals surface area contributed by atoms with Gasteiger partial charge in [0, 0.05) is 16.6 Å². The minimum absolute atomic E-state index is 0.0891. The maximum atomic E-state index is 11.8. The lowest BCUT2D eigenvalue weighted by molar-refractivity contribution is -0.121. The first kappa shape index (κ1) is 16.6. The average Bonchev–Trinajstić information content (AvgIpc) is 3.44. The number of allylic oxidation sites excluding steroid dienone is 1. The Hall–Kier alpha value is -1.88. The van der Waals surface area contributed by atoms with Gasteiger partial charge in [0.1, 0.15) is 6.26 Å². The zero-order valence-electron chi connectivity index (χ0n) is 14.2. The summed E-state index contributed by atoms with van der Waals surface area (Å²) in [4.78, 5) is 13.0. The molecule has 0 saturated heterocycles. The van der Waals surface area contributed by atoms with Gasteiger partial charge in [-0.1, -0.05) is 12.2 Å². The summed E-state index contributed by atoms with van der Waals surface area (Å²) in [6.07, 6.45) is 12.8. The monoisotopic (exact) mass is 357 g/mol. The van der Waals surface area contributed by atoms with E-state index in [1.807, 2.05) is 23.9 Å². The quantitative estimate of drug-likeness (QED) is 0.766. The molecule has 0 bridgehead atoms. The first-order valence-corrected chi connectivity index (χ1v) is 9.92. The lowest BCUT2D eigenvalue weighted by Gasteiger charge is -2.20. The molecule has 5 heteroatoms. The fraction of sp³-hybridized carbons (Fsp3) is 0.450. The van der Waals surface area contributed by atoms with Crippen LogP contribution < -0.4 is 14.8 Å². The van der Waals surface area contributed by atoms with Crippen molar-refractivity contribution in [2.75, 3.05) is 6.54 Å². The molecule has 1 aliphatic heterocycles. The lowest BCUT2D eigenvalue weighted by Crippen LogP contribution is -2.28. The van der Waals surface area contributed by atoms with Crippen LogP contribution in [0.3, 0.4) is 0 Å². The number of carbonyl (C=O) groups is 1. The highest BCUT2D eigenvalue weighted by molar-refractivity contribution is 8.00. The van der Waals surface area contributed by atoms with E-state index in [4.69, 9.17) is 9.47 Å². The summed E-state index contributed by atoms with van der Waals surface area (Å²) in [7, 11) is 0. The second-order valence-corrected chi connectivity index (χ2v) is 8.16. The Bertz CT molecular complexity index is 709. The highest BCUT2D eigenvalue weighted by Crippen LogP contribution is 2.38. The molecule has 0 radical (unpaired) electrons. The highest BCUT2D eigenvalue weighted by atomic mass is 32.2. The van der Waals surface area contributed by atoms with Gasteiger partial charge in [-0.05, 0) is 56.2 Å². The van der Waals surface area contributed by atoms with Crippen LogP contribution in [0.4, 0.5) is 0 Å². The van der Waals surface area contributed by atoms with Crippen molar-refractivity contribution in [3.63, 3.8) is 0 Å². The fourth-order valence-electron chi connectivity index (χ4n) is 3.01. The van der Waals surface area contributed by atoms with E-state index in [0.29, 0.717) is 29.9 Å². The Kier molecular flexibility index (Phi) is 5.02. The van der Waals surface area contributed by atoms with Gasteiger partial charge in [0.2, 0.25) is 5.91 Å². The largest absolute Gasteiger partial charge is 0.457 e. The molecule has 1 N–H and O–H groups in total. The van der Waals surface area contributed by atoms with E-state index in [2.05, 4.69) is 23.5 Å². The molecule has 1 unspecified atom stereocenters. The molecule has 4 rings (SSSR count). The van der Waals surface area contributed by atoms with E-state index in [9.17, 15) is 4.79 Å². The van der Waals surface area contributed by atoms with Crippen LogP contribution in [0.15, 0.2) is 47.3 Å². The molecule has 1 heterocycles. The zero-order valence-corrected chi connectivity index (χ0v) is 15.0. The Morgan fingerprint density at radius 1 is 1.24 bits per heavy atom. The SMILES string of the molecule is O=C(CC1CC1)NCC1=COc2ccc(SC3C=CCCC3)cc2O1. The third-order valence-corrected chi connectivity index (χ3v) is 5.82. The van der Waals surface area contributed by atoms with Crippen molar-refractivity contribution in [3.05, 3.63) is 42.4 Å². The Labute approximate surface area is 152 Å². The summed E-state index contributed by atoms with van der Waals surface area (Å²) in [6, 6.07) is 6.05. The van der Waals surface area contributed by atoms with Crippen LogP contribution in [0, 0.1) is 5.92 Å². The number of amides is 1. The molecule has 1 amide bonds. The van der Waals surface area contributed by atoms with Crippen LogP contribution in [-0.2, 0) is 4.79 Å². The fourth-order valence-corrected chi connectivity index (χ4v) is 4.15. The van der Waals surface area contributed by atoms with Crippen LogP contribution >= 0.6 is 11.8 Å². The van der Waals surface area contributed by atoms with E-state index < -0.39 is 0 Å². The molecule has 4 nitrogen and oxygen atoms in total. The Balaban J connectivity index is 1.34. The van der Waals surface area contributed by atoms with Gasteiger partial charge < -0.3 is 14.8 Å². The van der Waals surface area contributed by atoms with Crippen molar-refractivity contribution < 1.29 is 14.3 Å². The topological polar surface area (TPSA) is 47.6 Å². The molecular formula is C20H23NO3S. The van der Waals surface area contributed by atoms with Gasteiger partial charge in [0.25, 0.3) is 0 Å². The number of thioether (sulfide) groups is 1. The van der Waals surface area contributed by atoms with Gasteiger partial charge in [-0.15, -0.1) is 11.8 Å². The van der Waals surface area contributed by atoms with Crippen molar-refractivity contribution in [2.45, 2.75) is 48.7 Å². The second-order valence-electron chi connectivity index (χ2n) is 6.85. The van der Waals surface area contributed by atoms with Crippen molar-refractivity contribution in [2.24, 2.45) is 5.92 Å². The number of carbonyl (C=O) groups excluding carboxylic acids is 1. The van der Waals surface area contributed by atoms with Gasteiger partial charge in [-0.3, -0.25) is 4.79 Å². The van der Waals surface area contributed by atoms with Crippen molar-refractivity contribution in [3.8, 4) is 11.5 Å².